The average Bonchev–Trinajstić information content (AvgIpc) is 3.93. The van der Waals surface area contributed by atoms with E-state index in [4.69, 9.17) is 47.4 Å². The van der Waals surface area contributed by atoms with Crippen LogP contribution in [0.25, 0.3) is 11.3 Å². The highest BCUT2D eigenvalue weighted by Crippen LogP contribution is 2.48. The van der Waals surface area contributed by atoms with E-state index in [1.807, 2.05) is 114 Å². The lowest BCUT2D eigenvalue weighted by Gasteiger charge is -2.35. The number of methoxy groups -OCH3 is 2. The van der Waals surface area contributed by atoms with Crippen LogP contribution in [-0.2, 0) is 19.1 Å². The van der Waals surface area contributed by atoms with E-state index in [1.165, 1.54) is 14.2 Å². The van der Waals surface area contributed by atoms with Crippen LogP contribution in [0.2, 0.25) is 0 Å². The second kappa shape index (κ2) is 18.4. The van der Waals surface area contributed by atoms with Gasteiger partial charge in [0.2, 0.25) is 13.6 Å². The summed E-state index contributed by atoms with van der Waals surface area (Å²) >= 11 is 0. The number of esters is 2. The molecule has 0 saturated heterocycles. The van der Waals surface area contributed by atoms with E-state index < -0.39 is 24.1 Å². The molecule has 13 heteroatoms. The van der Waals surface area contributed by atoms with Crippen LogP contribution in [0, 0.1) is 0 Å². The van der Waals surface area contributed by atoms with Crippen LogP contribution in [0.15, 0.2) is 83.9 Å². The molecule has 4 heterocycles. The Morgan fingerprint density at radius 1 is 0.639 bits per heavy atom. The molecular weight excluding hydrogens is 783 g/mol. The van der Waals surface area contributed by atoms with Crippen LogP contribution in [-0.4, -0.2) is 70.4 Å². The van der Waals surface area contributed by atoms with E-state index in [9.17, 15) is 9.59 Å². The van der Waals surface area contributed by atoms with Crippen molar-refractivity contribution >= 4 is 23.2 Å². The molecule has 0 aliphatic carbocycles. The van der Waals surface area contributed by atoms with Crippen molar-refractivity contribution in [2.24, 2.45) is 0 Å². The Balaban J connectivity index is 0.000000186. The second-order valence-corrected chi connectivity index (χ2v) is 15.4. The van der Waals surface area contributed by atoms with Crippen LogP contribution in [0.3, 0.4) is 0 Å². The molecule has 2 unspecified atom stereocenters. The van der Waals surface area contributed by atoms with Crippen molar-refractivity contribution in [2.45, 2.75) is 78.8 Å². The number of nitrogens with zero attached hydrogens (tertiary/aromatic N) is 1. The maximum atomic E-state index is 13.2. The summed E-state index contributed by atoms with van der Waals surface area (Å²) in [5.41, 5.74) is 5.68. The van der Waals surface area contributed by atoms with Crippen molar-refractivity contribution in [2.75, 3.05) is 41.4 Å². The highest BCUT2D eigenvalue weighted by molar-refractivity contribution is 6.01. The van der Waals surface area contributed by atoms with E-state index >= 15 is 0 Å². The van der Waals surface area contributed by atoms with E-state index in [0.29, 0.717) is 45.6 Å². The SMILES string of the molecule is CCCCN(C)C1=C(C(=O)OC)C(c2ccc3c(c2)OCO3)Oc2ccc(OC(C)C)cc21.COC(=O)C1=C(C)c2cc(OC(C)C)ccc2OC1c1ccc2c(c1)OCO2. The molecule has 2 atom stereocenters. The predicted octanol–water partition coefficient (Wildman–Crippen LogP) is 9.23. The summed E-state index contributed by atoms with van der Waals surface area (Å²) in [4.78, 5) is 27.9. The molecule has 4 aromatic carbocycles. The summed E-state index contributed by atoms with van der Waals surface area (Å²) in [6.07, 6.45) is 0.840. The summed E-state index contributed by atoms with van der Waals surface area (Å²) in [6, 6.07) is 22.5. The molecule has 13 nitrogen and oxygen atoms in total. The van der Waals surface area contributed by atoms with Crippen LogP contribution >= 0.6 is 0 Å². The van der Waals surface area contributed by atoms with E-state index in [0.717, 1.165) is 64.4 Å². The highest BCUT2D eigenvalue weighted by Gasteiger charge is 2.38. The number of allylic oxidation sites excluding steroid dienone is 1. The Labute approximate surface area is 356 Å². The van der Waals surface area contributed by atoms with Crippen molar-refractivity contribution in [3.05, 3.63) is 106 Å². The number of hydrogen-bond acceptors (Lipinski definition) is 13. The molecule has 322 valence electrons. The summed E-state index contributed by atoms with van der Waals surface area (Å²) in [6.45, 7) is 13.1. The fraction of sp³-hybridized carbons (Fsp3) is 0.375. The summed E-state index contributed by atoms with van der Waals surface area (Å²) in [5.74, 6) is 4.57. The number of carbonyl (C=O) groups excluding carboxylic acids is 2. The van der Waals surface area contributed by atoms with E-state index in [1.54, 1.807) is 0 Å². The minimum absolute atomic E-state index is 0.0271. The fourth-order valence-corrected chi connectivity index (χ4v) is 7.60. The number of carbonyl (C=O) groups is 2. The normalized spacial score (nSPS) is 16.8. The predicted molar refractivity (Wildman–Crippen MR) is 227 cm³/mol. The van der Waals surface area contributed by atoms with Gasteiger partial charge in [-0.1, -0.05) is 25.5 Å². The van der Waals surface area contributed by atoms with Gasteiger partial charge in [-0.2, -0.15) is 0 Å². The zero-order valence-corrected chi connectivity index (χ0v) is 36.1. The molecule has 8 rings (SSSR count). The molecule has 0 amide bonds. The van der Waals surface area contributed by atoms with Gasteiger partial charge in [0.05, 0.1) is 37.7 Å². The number of ether oxygens (including phenoxy) is 10. The zero-order valence-electron chi connectivity index (χ0n) is 36.1. The fourth-order valence-electron chi connectivity index (χ4n) is 7.60. The molecule has 4 aliphatic rings. The van der Waals surface area contributed by atoms with Gasteiger partial charge in [0.15, 0.2) is 35.2 Å². The van der Waals surface area contributed by atoms with Crippen molar-refractivity contribution < 1.29 is 57.0 Å². The minimum Gasteiger partial charge on any atom is -0.491 e. The molecule has 61 heavy (non-hydrogen) atoms. The Kier molecular flexibility index (Phi) is 12.9. The maximum Gasteiger partial charge on any atom is 0.340 e. The lowest BCUT2D eigenvalue weighted by Crippen LogP contribution is -2.30. The third-order valence-electron chi connectivity index (χ3n) is 10.4. The van der Waals surface area contributed by atoms with Crippen LogP contribution in [0.5, 0.6) is 46.0 Å². The lowest BCUT2D eigenvalue weighted by atomic mass is 9.90. The molecule has 4 aliphatic heterocycles. The summed E-state index contributed by atoms with van der Waals surface area (Å²) in [7, 11) is 4.76. The van der Waals surface area contributed by atoms with E-state index in [2.05, 4.69) is 11.8 Å². The quantitative estimate of drug-likeness (QED) is 0.126. The van der Waals surface area contributed by atoms with Gasteiger partial charge in [-0.15, -0.1) is 0 Å². The number of fused-ring (bicyclic) bond motifs is 4. The Morgan fingerprint density at radius 3 is 1.61 bits per heavy atom. The Bertz CT molecular complexity index is 2350. The lowest BCUT2D eigenvalue weighted by molar-refractivity contribution is -0.138. The molecule has 4 aromatic rings. The van der Waals surface area contributed by atoms with Gasteiger partial charge >= 0.3 is 11.9 Å². The zero-order chi connectivity index (χ0) is 43.4. The summed E-state index contributed by atoms with van der Waals surface area (Å²) < 4.78 is 56.5. The number of hydrogen-bond donors (Lipinski definition) is 0. The average molecular weight is 836 g/mol. The van der Waals surface area contributed by atoms with Gasteiger partial charge in [-0.25, -0.2) is 9.59 Å². The highest BCUT2D eigenvalue weighted by atomic mass is 16.7. The summed E-state index contributed by atoms with van der Waals surface area (Å²) in [5, 5.41) is 0. The van der Waals surface area contributed by atoms with Crippen molar-refractivity contribution in [1.82, 2.24) is 4.90 Å². The second-order valence-electron chi connectivity index (χ2n) is 15.4. The van der Waals surface area contributed by atoms with Crippen molar-refractivity contribution in [3.63, 3.8) is 0 Å². The third-order valence-corrected chi connectivity index (χ3v) is 10.4. The smallest absolute Gasteiger partial charge is 0.340 e. The van der Waals surface area contributed by atoms with Gasteiger partial charge in [0, 0.05) is 35.8 Å². The Morgan fingerprint density at radius 2 is 1.10 bits per heavy atom. The third kappa shape index (κ3) is 9.01. The first-order valence-corrected chi connectivity index (χ1v) is 20.5. The van der Waals surface area contributed by atoms with Gasteiger partial charge in [-0.3, -0.25) is 0 Å². The van der Waals surface area contributed by atoms with Gasteiger partial charge in [0.25, 0.3) is 0 Å². The first-order chi connectivity index (χ1) is 29.4. The number of unbranched alkanes of at least 4 members (excludes halogenated alkanes) is 1. The monoisotopic (exact) mass is 835 g/mol. The van der Waals surface area contributed by atoms with Crippen molar-refractivity contribution in [1.29, 1.82) is 0 Å². The van der Waals surface area contributed by atoms with Crippen LogP contribution < -0.4 is 37.9 Å². The molecule has 0 N–H and O–H groups in total. The van der Waals surface area contributed by atoms with Gasteiger partial charge in [-0.05, 0) is 107 Å². The van der Waals surface area contributed by atoms with Crippen LogP contribution in [0.4, 0.5) is 0 Å². The van der Waals surface area contributed by atoms with Crippen molar-refractivity contribution in [3.8, 4) is 46.0 Å². The topological polar surface area (TPSA) is 130 Å². The largest absolute Gasteiger partial charge is 0.491 e. The standard InChI is InChI=1S/C26H31NO6.C22H22O6/c1-6-7-12-27(4)24-19-14-18(32-16(2)3)9-11-20(19)33-25(23(24)26(28)29-5)17-8-10-21-22(13-17)31-15-30-21;1-12(2)27-15-6-8-17-16(10-15)13(3)20(22(23)24-4)21(28-17)14-5-7-18-19(9-14)26-11-25-18/h8-11,13-14,16,25H,6-7,12,15H2,1-5H3;5-10,12,21H,11H2,1-4H3. The molecule has 0 radical (unpaired) electrons. The number of rotatable bonds is 12. The molecular formula is C48H53NO12. The molecule has 0 saturated carbocycles. The molecule has 0 spiro atoms. The van der Waals surface area contributed by atoms with Gasteiger partial charge in [0.1, 0.15) is 28.6 Å². The molecule has 0 aromatic heterocycles. The first kappa shape index (κ1) is 42.6. The minimum atomic E-state index is -0.657. The molecule has 0 fully saturated rings. The van der Waals surface area contributed by atoms with Gasteiger partial charge < -0.3 is 52.3 Å². The number of benzene rings is 4. The van der Waals surface area contributed by atoms with E-state index in [-0.39, 0.29) is 25.8 Å². The molecule has 0 bridgehead atoms. The Hall–Kier alpha value is -6.50. The first-order valence-electron chi connectivity index (χ1n) is 20.5. The maximum absolute atomic E-state index is 13.2. The van der Waals surface area contributed by atoms with Crippen LogP contribution in [0.1, 0.15) is 88.8 Å².